The molecule has 0 fully saturated rings. The Morgan fingerprint density at radius 1 is 1.43 bits per heavy atom. The van der Waals surface area contributed by atoms with E-state index in [0.717, 1.165) is 23.1 Å². The van der Waals surface area contributed by atoms with Crippen LogP contribution in [0.2, 0.25) is 0 Å². The van der Waals surface area contributed by atoms with Crippen molar-refractivity contribution in [1.29, 1.82) is 0 Å². The van der Waals surface area contributed by atoms with Crippen LogP contribution in [-0.4, -0.2) is 5.78 Å². The van der Waals surface area contributed by atoms with Gasteiger partial charge in [-0.15, -0.1) is 0 Å². The maximum Gasteiger partial charge on any atom is 0.163 e. The lowest BCUT2D eigenvalue weighted by molar-refractivity contribution is 0.0994. The molecule has 0 aliphatic heterocycles. The van der Waals surface area contributed by atoms with Crippen LogP contribution < -0.4 is 0 Å². The number of hydrogen-bond donors (Lipinski definition) is 0. The van der Waals surface area contributed by atoms with E-state index in [-0.39, 0.29) is 5.78 Å². The molecule has 1 aromatic rings. The van der Waals surface area contributed by atoms with Gasteiger partial charge in [0.2, 0.25) is 0 Å². The fourth-order valence-corrected chi connectivity index (χ4v) is 1.72. The van der Waals surface area contributed by atoms with E-state index < -0.39 is 0 Å². The molecule has 0 atom stereocenters. The van der Waals surface area contributed by atoms with Crippen molar-refractivity contribution in [2.45, 2.75) is 19.4 Å². The Morgan fingerprint density at radius 3 is 3.07 bits per heavy atom. The number of carbonyl (C=O) groups excluding carboxylic acids is 1. The first-order chi connectivity index (χ1) is 6.81. The molecule has 0 saturated carbocycles. The summed E-state index contributed by atoms with van der Waals surface area (Å²) >= 11 is 0. The summed E-state index contributed by atoms with van der Waals surface area (Å²) in [5.74, 6) is 0.218. The Kier molecular flexibility index (Phi) is 2.21. The zero-order valence-electron chi connectivity index (χ0n) is 7.60. The number of aryl methyl sites for hydroxylation is 1. The van der Waals surface area contributed by atoms with Crippen molar-refractivity contribution in [3.05, 3.63) is 45.3 Å². The minimum atomic E-state index is 0.218. The van der Waals surface area contributed by atoms with Gasteiger partial charge in [0.05, 0.1) is 6.54 Å². The fourth-order valence-electron chi connectivity index (χ4n) is 1.72. The van der Waals surface area contributed by atoms with Crippen LogP contribution in [0.4, 0.5) is 0 Å². The number of ketones is 1. The third-order valence-electron chi connectivity index (χ3n) is 2.41. The lowest BCUT2D eigenvalue weighted by Crippen LogP contribution is -1.91. The Bertz CT molecular complexity index is 433. The summed E-state index contributed by atoms with van der Waals surface area (Å²) in [4.78, 5) is 14.0. The molecule has 4 heteroatoms. The maximum atomic E-state index is 11.3. The molecule has 70 valence electrons. The van der Waals surface area contributed by atoms with Gasteiger partial charge in [-0.3, -0.25) is 4.79 Å². The molecule has 2 rings (SSSR count). The zero-order valence-corrected chi connectivity index (χ0v) is 7.60. The molecule has 0 radical (unpaired) electrons. The van der Waals surface area contributed by atoms with E-state index in [1.165, 1.54) is 0 Å². The minimum absolute atomic E-state index is 0.218. The summed E-state index contributed by atoms with van der Waals surface area (Å²) in [5, 5.41) is 3.48. The molecule has 14 heavy (non-hydrogen) atoms. The Hall–Kier alpha value is -1.80. The highest BCUT2D eigenvalue weighted by atomic mass is 16.1. The lowest BCUT2D eigenvalue weighted by atomic mass is 10.1. The largest absolute Gasteiger partial charge is 0.294 e. The quantitative estimate of drug-likeness (QED) is 0.398. The second-order valence-corrected chi connectivity index (χ2v) is 3.30. The smallest absolute Gasteiger partial charge is 0.163 e. The van der Waals surface area contributed by atoms with E-state index in [0.29, 0.717) is 13.0 Å². The highest BCUT2D eigenvalue weighted by Crippen LogP contribution is 2.23. The number of Topliss-reactive ketones (excluding diaryl/α,β-unsaturated/α-hetero) is 1. The van der Waals surface area contributed by atoms with Crippen molar-refractivity contribution in [2.24, 2.45) is 5.11 Å². The van der Waals surface area contributed by atoms with Crippen LogP contribution in [0.1, 0.15) is 27.9 Å². The monoisotopic (exact) mass is 187 g/mol. The highest BCUT2D eigenvalue weighted by molar-refractivity contribution is 6.00. The first kappa shape index (κ1) is 8.78. The van der Waals surface area contributed by atoms with Crippen LogP contribution in [-0.2, 0) is 13.0 Å². The molecule has 1 aliphatic carbocycles. The molecule has 0 N–H and O–H groups in total. The first-order valence-electron chi connectivity index (χ1n) is 4.47. The van der Waals surface area contributed by atoms with Crippen LogP contribution in [0.15, 0.2) is 23.3 Å². The van der Waals surface area contributed by atoms with E-state index in [1.807, 2.05) is 18.2 Å². The van der Waals surface area contributed by atoms with Gasteiger partial charge in [0.25, 0.3) is 0 Å². The summed E-state index contributed by atoms with van der Waals surface area (Å²) in [6.45, 7) is 0.359. The van der Waals surface area contributed by atoms with Gasteiger partial charge in [-0.2, -0.15) is 0 Å². The zero-order chi connectivity index (χ0) is 9.97. The van der Waals surface area contributed by atoms with Crippen molar-refractivity contribution < 1.29 is 4.79 Å². The molecule has 0 aromatic heterocycles. The average Bonchev–Trinajstić information content (AvgIpc) is 2.57. The number of azide groups is 1. The number of fused-ring (bicyclic) bond motifs is 1. The van der Waals surface area contributed by atoms with E-state index in [1.54, 1.807) is 0 Å². The molecule has 0 unspecified atom stereocenters. The van der Waals surface area contributed by atoms with Gasteiger partial charge in [0.15, 0.2) is 5.78 Å². The normalized spacial score (nSPS) is 13.6. The predicted octanol–water partition coefficient (Wildman–Crippen LogP) is 2.63. The summed E-state index contributed by atoms with van der Waals surface area (Å²) in [6.07, 6.45) is 1.43. The Morgan fingerprint density at radius 2 is 2.29 bits per heavy atom. The van der Waals surface area contributed by atoms with E-state index in [4.69, 9.17) is 5.53 Å². The van der Waals surface area contributed by atoms with Crippen LogP contribution in [0.25, 0.3) is 10.4 Å². The number of rotatable bonds is 2. The minimum Gasteiger partial charge on any atom is -0.294 e. The summed E-state index contributed by atoms with van der Waals surface area (Å²) in [7, 11) is 0. The molecule has 0 amide bonds. The van der Waals surface area contributed by atoms with Gasteiger partial charge in [-0.1, -0.05) is 23.3 Å². The second-order valence-electron chi connectivity index (χ2n) is 3.30. The first-order valence-corrected chi connectivity index (χ1v) is 4.47. The molecule has 0 heterocycles. The van der Waals surface area contributed by atoms with Crippen molar-refractivity contribution in [1.82, 2.24) is 0 Å². The van der Waals surface area contributed by atoms with Gasteiger partial charge < -0.3 is 0 Å². The van der Waals surface area contributed by atoms with E-state index in [9.17, 15) is 4.79 Å². The molecule has 4 nitrogen and oxygen atoms in total. The number of carbonyl (C=O) groups is 1. The highest BCUT2D eigenvalue weighted by Gasteiger charge is 2.18. The Labute approximate surface area is 81.2 Å². The van der Waals surface area contributed by atoms with Gasteiger partial charge in [-0.05, 0) is 23.1 Å². The molecule has 0 spiro atoms. The third kappa shape index (κ3) is 1.47. The molecule has 1 aliphatic rings. The maximum absolute atomic E-state index is 11.3. The van der Waals surface area contributed by atoms with Crippen molar-refractivity contribution in [3.8, 4) is 0 Å². The molecular formula is C10H9N3O. The van der Waals surface area contributed by atoms with Crippen molar-refractivity contribution in [2.75, 3.05) is 0 Å². The van der Waals surface area contributed by atoms with Crippen LogP contribution in [0, 0.1) is 0 Å². The van der Waals surface area contributed by atoms with Crippen LogP contribution in [0.3, 0.4) is 0 Å². The van der Waals surface area contributed by atoms with Gasteiger partial charge in [0, 0.05) is 16.9 Å². The number of nitrogens with zero attached hydrogens (tertiary/aromatic N) is 3. The SMILES string of the molecule is [N-]=[N+]=NCc1ccc2c(c1)CCC2=O. The summed E-state index contributed by atoms with van der Waals surface area (Å²) in [5.41, 5.74) is 11.0. The number of hydrogen-bond acceptors (Lipinski definition) is 2. The standard InChI is InChI=1S/C10H9N3O/c11-13-12-6-7-1-3-9-8(5-7)2-4-10(9)14/h1,3,5H,2,4,6H2. The predicted molar refractivity (Wildman–Crippen MR) is 51.9 cm³/mol. The third-order valence-corrected chi connectivity index (χ3v) is 2.41. The molecule has 1 aromatic carbocycles. The summed E-state index contributed by atoms with van der Waals surface area (Å²) < 4.78 is 0. The lowest BCUT2D eigenvalue weighted by Gasteiger charge is -2.00. The molecule has 0 bridgehead atoms. The van der Waals surface area contributed by atoms with Gasteiger partial charge in [-0.25, -0.2) is 0 Å². The molecule has 0 saturated heterocycles. The topological polar surface area (TPSA) is 65.8 Å². The number of benzene rings is 1. The van der Waals surface area contributed by atoms with Crippen LogP contribution in [0.5, 0.6) is 0 Å². The average molecular weight is 187 g/mol. The van der Waals surface area contributed by atoms with Crippen molar-refractivity contribution >= 4 is 5.78 Å². The van der Waals surface area contributed by atoms with Crippen LogP contribution >= 0.6 is 0 Å². The van der Waals surface area contributed by atoms with Gasteiger partial charge >= 0.3 is 0 Å². The second kappa shape index (κ2) is 3.52. The van der Waals surface area contributed by atoms with Gasteiger partial charge in [0.1, 0.15) is 0 Å². The summed E-state index contributed by atoms with van der Waals surface area (Å²) in [6, 6.07) is 5.62. The molecular weight excluding hydrogens is 178 g/mol. The fraction of sp³-hybridized carbons (Fsp3) is 0.300. The Balaban J connectivity index is 2.32. The van der Waals surface area contributed by atoms with E-state index in [2.05, 4.69) is 10.0 Å². The van der Waals surface area contributed by atoms with E-state index >= 15 is 0 Å². The van der Waals surface area contributed by atoms with Crippen molar-refractivity contribution in [3.63, 3.8) is 0 Å².